The van der Waals surface area contributed by atoms with Crippen molar-refractivity contribution in [3.05, 3.63) is 35.4 Å². The number of alkyl carbamates (subject to hydrolysis) is 1. The van der Waals surface area contributed by atoms with Gasteiger partial charge in [0.15, 0.2) is 0 Å². The number of hydrogen-bond acceptors (Lipinski definition) is 5. The van der Waals surface area contributed by atoms with Crippen LogP contribution < -0.4 is 10.6 Å². The predicted molar refractivity (Wildman–Crippen MR) is 157 cm³/mol. The molecule has 0 radical (unpaired) electrons. The highest BCUT2D eigenvalue weighted by molar-refractivity contribution is 7.80. The van der Waals surface area contributed by atoms with Gasteiger partial charge in [0.1, 0.15) is 17.7 Å². The lowest BCUT2D eigenvalue weighted by molar-refractivity contribution is -0.142. The number of carbonyl (C=O) groups is 3. The lowest BCUT2D eigenvalue weighted by atomic mass is 10.0. The summed E-state index contributed by atoms with van der Waals surface area (Å²) in [6.45, 7) is 10.4. The van der Waals surface area contributed by atoms with Crippen molar-refractivity contribution in [2.45, 2.75) is 104 Å². The molecule has 0 aliphatic carbocycles. The number of terminal acetylenes is 1. The van der Waals surface area contributed by atoms with Crippen molar-refractivity contribution in [3.8, 4) is 12.3 Å². The quantitative estimate of drug-likeness (QED) is 0.143. The molecular formula is C30H47N3O4S. The zero-order valence-electron chi connectivity index (χ0n) is 23.8. The van der Waals surface area contributed by atoms with Gasteiger partial charge in [-0.1, -0.05) is 70.4 Å². The minimum atomic E-state index is -0.954. The molecule has 2 N–H and O–H groups in total. The Bertz CT molecular complexity index is 906. The van der Waals surface area contributed by atoms with E-state index >= 15 is 0 Å². The molecule has 0 aliphatic rings. The van der Waals surface area contributed by atoms with Crippen LogP contribution in [-0.4, -0.2) is 53.3 Å². The average molecular weight is 546 g/mol. The standard InChI is InChI=1S/C30H47N3O4S/c1-7-10-12-13-15-21-33(28(35)25(22-38)32-29(36)37-30(4,5)6)26(27(34)31-20-14-11-8-2)24-18-16-23(9-3)17-19-24/h3,16-19,25-26,38H,7-8,10-15,20-22H2,1-2,4-6H3,(H,31,34)(H,32,36). The van der Waals surface area contributed by atoms with Gasteiger partial charge < -0.3 is 20.3 Å². The largest absolute Gasteiger partial charge is 0.444 e. The molecule has 2 atom stereocenters. The number of nitrogens with zero attached hydrogens (tertiary/aromatic N) is 1. The summed E-state index contributed by atoms with van der Waals surface area (Å²) in [6.07, 6.45) is 12.7. The Morgan fingerprint density at radius 1 is 1.00 bits per heavy atom. The number of nitrogens with one attached hydrogen (secondary N) is 2. The van der Waals surface area contributed by atoms with E-state index in [-0.39, 0.29) is 17.6 Å². The molecule has 0 bridgehead atoms. The second-order valence-corrected chi connectivity index (χ2v) is 10.9. The molecule has 3 amide bonds. The van der Waals surface area contributed by atoms with Crippen LogP contribution in [0.1, 0.15) is 103 Å². The van der Waals surface area contributed by atoms with Crippen LogP contribution >= 0.6 is 12.6 Å². The van der Waals surface area contributed by atoms with E-state index in [0.29, 0.717) is 24.2 Å². The van der Waals surface area contributed by atoms with Gasteiger partial charge in [-0.3, -0.25) is 9.59 Å². The molecule has 0 heterocycles. The van der Waals surface area contributed by atoms with Crippen LogP contribution in [-0.2, 0) is 14.3 Å². The molecular weight excluding hydrogens is 498 g/mol. The summed E-state index contributed by atoms with van der Waals surface area (Å²) in [5, 5.41) is 5.67. The Balaban J connectivity index is 3.34. The molecule has 0 saturated heterocycles. The Hall–Kier alpha value is -2.66. The molecule has 1 aromatic rings. The van der Waals surface area contributed by atoms with Crippen LogP contribution in [0.5, 0.6) is 0 Å². The summed E-state index contributed by atoms with van der Waals surface area (Å²) in [4.78, 5) is 41.6. The lowest BCUT2D eigenvalue weighted by Crippen LogP contribution is -2.54. The second-order valence-electron chi connectivity index (χ2n) is 10.5. The Morgan fingerprint density at radius 3 is 2.16 bits per heavy atom. The molecule has 212 valence electrons. The Labute approximate surface area is 235 Å². The smallest absolute Gasteiger partial charge is 0.408 e. The van der Waals surface area contributed by atoms with E-state index in [4.69, 9.17) is 11.2 Å². The fraction of sp³-hybridized carbons (Fsp3) is 0.633. The average Bonchev–Trinajstić information content (AvgIpc) is 2.87. The molecule has 2 unspecified atom stereocenters. The van der Waals surface area contributed by atoms with E-state index in [1.54, 1.807) is 49.9 Å². The van der Waals surface area contributed by atoms with E-state index in [1.807, 2.05) is 0 Å². The first kappa shape index (κ1) is 33.4. The van der Waals surface area contributed by atoms with Crippen molar-refractivity contribution in [1.29, 1.82) is 0 Å². The lowest BCUT2D eigenvalue weighted by Gasteiger charge is -2.34. The number of carbonyl (C=O) groups excluding carboxylic acids is 3. The van der Waals surface area contributed by atoms with Gasteiger partial charge in [0.2, 0.25) is 11.8 Å². The highest BCUT2D eigenvalue weighted by Gasteiger charge is 2.35. The van der Waals surface area contributed by atoms with Gasteiger partial charge >= 0.3 is 6.09 Å². The van der Waals surface area contributed by atoms with Crippen molar-refractivity contribution in [2.24, 2.45) is 0 Å². The summed E-state index contributed by atoms with van der Waals surface area (Å²) in [7, 11) is 0. The molecule has 1 rings (SSSR count). The van der Waals surface area contributed by atoms with Crippen LogP contribution in [0.4, 0.5) is 4.79 Å². The van der Waals surface area contributed by atoms with Gasteiger partial charge in [-0.05, 0) is 51.3 Å². The van der Waals surface area contributed by atoms with E-state index < -0.39 is 23.8 Å². The third-order valence-electron chi connectivity index (χ3n) is 5.99. The van der Waals surface area contributed by atoms with E-state index in [0.717, 1.165) is 51.4 Å². The van der Waals surface area contributed by atoms with Crippen molar-refractivity contribution < 1.29 is 19.1 Å². The maximum absolute atomic E-state index is 13.9. The maximum Gasteiger partial charge on any atom is 0.408 e. The normalized spacial score (nSPS) is 12.7. The molecule has 0 aliphatic heterocycles. The molecule has 38 heavy (non-hydrogen) atoms. The van der Waals surface area contributed by atoms with Gasteiger partial charge in [0, 0.05) is 24.4 Å². The fourth-order valence-corrected chi connectivity index (χ4v) is 4.25. The van der Waals surface area contributed by atoms with E-state index in [1.165, 1.54) is 0 Å². The third kappa shape index (κ3) is 12.3. The zero-order valence-corrected chi connectivity index (χ0v) is 24.7. The van der Waals surface area contributed by atoms with Crippen LogP contribution in [0.3, 0.4) is 0 Å². The predicted octanol–water partition coefficient (Wildman–Crippen LogP) is 5.64. The van der Waals surface area contributed by atoms with Crippen molar-refractivity contribution in [1.82, 2.24) is 15.5 Å². The van der Waals surface area contributed by atoms with Gasteiger partial charge in [-0.2, -0.15) is 12.6 Å². The summed E-state index contributed by atoms with van der Waals surface area (Å²) in [6, 6.07) is 5.30. The second kappa shape index (κ2) is 17.8. The summed E-state index contributed by atoms with van der Waals surface area (Å²) >= 11 is 4.35. The van der Waals surface area contributed by atoms with Gasteiger partial charge in [-0.15, -0.1) is 6.42 Å². The van der Waals surface area contributed by atoms with Gasteiger partial charge in [0.25, 0.3) is 0 Å². The summed E-state index contributed by atoms with van der Waals surface area (Å²) < 4.78 is 5.37. The summed E-state index contributed by atoms with van der Waals surface area (Å²) in [5.74, 6) is 2.02. The molecule has 0 fully saturated rings. The van der Waals surface area contributed by atoms with Crippen LogP contribution in [0, 0.1) is 12.3 Å². The highest BCUT2D eigenvalue weighted by atomic mass is 32.1. The molecule has 0 saturated carbocycles. The zero-order chi connectivity index (χ0) is 28.6. The molecule has 0 aromatic heterocycles. The van der Waals surface area contributed by atoms with Crippen LogP contribution in [0.15, 0.2) is 24.3 Å². The third-order valence-corrected chi connectivity index (χ3v) is 6.36. The van der Waals surface area contributed by atoms with Crippen molar-refractivity contribution in [3.63, 3.8) is 0 Å². The highest BCUT2D eigenvalue weighted by Crippen LogP contribution is 2.24. The first-order valence-corrected chi connectivity index (χ1v) is 14.5. The number of hydrogen-bond donors (Lipinski definition) is 3. The minimum absolute atomic E-state index is 0.0608. The van der Waals surface area contributed by atoms with Crippen molar-refractivity contribution >= 4 is 30.5 Å². The monoisotopic (exact) mass is 545 g/mol. The van der Waals surface area contributed by atoms with E-state index in [9.17, 15) is 14.4 Å². The number of unbranched alkanes of at least 4 members (excludes halogenated alkanes) is 6. The molecule has 1 aromatic carbocycles. The topological polar surface area (TPSA) is 87.7 Å². The first-order valence-electron chi connectivity index (χ1n) is 13.8. The maximum atomic E-state index is 13.9. The van der Waals surface area contributed by atoms with Crippen LogP contribution in [0.2, 0.25) is 0 Å². The molecule has 0 spiro atoms. The van der Waals surface area contributed by atoms with Crippen LogP contribution in [0.25, 0.3) is 0 Å². The number of ether oxygens (including phenoxy) is 1. The minimum Gasteiger partial charge on any atom is -0.444 e. The molecule has 7 nitrogen and oxygen atoms in total. The number of thiol groups is 1. The number of amides is 3. The van der Waals surface area contributed by atoms with E-state index in [2.05, 4.69) is 43.0 Å². The Morgan fingerprint density at radius 2 is 1.61 bits per heavy atom. The SMILES string of the molecule is C#Cc1ccc(C(C(=O)NCCCCC)N(CCCCCCC)C(=O)C(CS)NC(=O)OC(C)(C)C)cc1. The number of rotatable bonds is 16. The number of benzene rings is 1. The first-order chi connectivity index (χ1) is 18.1. The summed E-state index contributed by atoms with van der Waals surface area (Å²) in [5.41, 5.74) is 0.634. The van der Waals surface area contributed by atoms with Gasteiger partial charge in [0.05, 0.1) is 0 Å². The fourth-order valence-electron chi connectivity index (χ4n) is 4.01. The van der Waals surface area contributed by atoms with Gasteiger partial charge in [-0.25, -0.2) is 4.79 Å². The molecule has 8 heteroatoms. The van der Waals surface area contributed by atoms with Crippen molar-refractivity contribution in [2.75, 3.05) is 18.8 Å². The Kier molecular flexibility index (Phi) is 15.6.